The Balaban J connectivity index is 0.00000112. The van der Waals surface area contributed by atoms with E-state index in [0.717, 1.165) is 36.3 Å². The molecule has 31 heavy (non-hydrogen) atoms. The number of hydrogen-bond donors (Lipinski definition) is 1. The van der Waals surface area contributed by atoms with Crippen LogP contribution in [0.1, 0.15) is 50.8 Å². The van der Waals surface area contributed by atoms with Gasteiger partial charge in [-0.15, -0.1) is 0 Å². The number of amides is 1. The molecule has 9 heteroatoms. The maximum atomic E-state index is 13.8. The summed E-state index contributed by atoms with van der Waals surface area (Å²) in [5.41, 5.74) is 1.12. The first-order valence-electron chi connectivity index (χ1n) is 10.5. The second-order valence-electron chi connectivity index (χ2n) is 8.09. The zero-order valence-corrected chi connectivity index (χ0v) is 17.9. The van der Waals surface area contributed by atoms with Crippen LogP contribution in [0.25, 0.3) is 0 Å². The number of anilines is 3. The normalized spacial score (nSPS) is 24.2. The molecule has 0 unspecified atom stereocenters. The van der Waals surface area contributed by atoms with Crippen LogP contribution in [0.4, 0.5) is 21.7 Å². The van der Waals surface area contributed by atoms with Crippen LogP contribution in [0.5, 0.6) is 6.01 Å². The molecule has 1 N–H and O–H groups in total. The number of pyridine rings is 1. The lowest BCUT2D eigenvalue weighted by molar-refractivity contribution is -0.105. The quantitative estimate of drug-likeness (QED) is 0.729. The lowest BCUT2D eigenvalue weighted by Gasteiger charge is -2.35. The van der Waals surface area contributed by atoms with E-state index in [4.69, 9.17) is 10.00 Å². The van der Waals surface area contributed by atoms with Crippen LogP contribution in [0.15, 0.2) is 18.3 Å². The van der Waals surface area contributed by atoms with Gasteiger partial charge in [-0.05, 0) is 19.8 Å². The molecule has 8 nitrogen and oxygen atoms in total. The molecule has 3 aliphatic rings. The molecular weight excluding hydrogens is 399 g/mol. The number of carbonyl (C=O) groups excluding carboxylic acids is 1. The smallest absolute Gasteiger partial charge is 0.318 e. The number of aryl methyl sites for hydroxylation is 1. The average Bonchev–Trinajstić information content (AvgIpc) is 3.45. The molecule has 2 saturated carbocycles. The summed E-state index contributed by atoms with van der Waals surface area (Å²) < 4.78 is 19.6. The van der Waals surface area contributed by atoms with Crippen LogP contribution in [-0.4, -0.2) is 39.7 Å². The summed E-state index contributed by atoms with van der Waals surface area (Å²) in [4.78, 5) is 26.1. The first-order valence-corrected chi connectivity index (χ1v) is 10.5. The first kappa shape index (κ1) is 21.0. The van der Waals surface area contributed by atoms with Crippen molar-refractivity contribution in [3.05, 3.63) is 29.6 Å². The van der Waals surface area contributed by atoms with Crippen molar-refractivity contribution in [2.24, 2.45) is 0 Å². The van der Waals surface area contributed by atoms with Crippen molar-refractivity contribution in [2.45, 2.75) is 63.6 Å². The number of halogens is 1. The van der Waals surface area contributed by atoms with Gasteiger partial charge in [-0.1, -0.05) is 13.8 Å². The fourth-order valence-electron chi connectivity index (χ4n) is 4.17. The molecule has 162 valence electrons. The molecule has 1 amide bonds. The predicted octanol–water partition coefficient (Wildman–Crippen LogP) is 3.73. The highest BCUT2D eigenvalue weighted by atomic mass is 19.1. The van der Waals surface area contributed by atoms with Gasteiger partial charge in [-0.25, -0.2) is 14.4 Å². The van der Waals surface area contributed by atoms with Gasteiger partial charge in [0.05, 0.1) is 5.69 Å². The predicted molar refractivity (Wildman–Crippen MR) is 113 cm³/mol. The molecule has 0 atom stereocenters. The van der Waals surface area contributed by atoms with E-state index in [0.29, 0.717) is 18.0 Å². The van der Waals surface area contributed by atoms with E-state index in [1.165, 1.54) is 0 Å². The highest BCUT2D eigenvalue weighted by molar-refractivity contribution is 5.78. The molecule has 3 heterocycles. The van der Waals surface area contributed by atoms with E-state index in [-0.39, 0.29) is 24.3 Å². The second-order valence-corrected chi connectivity index (χ2v) is 8.09. The summed E-state index contributed by atoms with van der Waals surface area (Å²) in [6, 6.07) is 5.58. The zero-order chi connectivity index (χ0) is 22.2. The Labute approximate surface area is 180 Å². The van der Waals surface area contributed by atoms with Crippen molar-refractivity contribution in [1.82, 2.24) is 15.0 Å². The number of hydrogen-bond acceptors (Lipinski definition) is 7. The van der Waals surface area contributed by atoms with Crippen LogP contribution >= 0.6 is 0 Å². The molecular formula is C22H25FN6O2. The van der Waals surface area contributed by atoms with Crippen molar-refractivity contribution in [3.8, 4) is 12.1 Å². The third-order valence-electron chi connectivity index (χ3n) is 5.94. The fraction of sp³-hybridized carbons (Fsp3) is 0.500. The Hall–Kier alpha value is -3.28. The summed E-state index contributed by atoms with van der Waals surface area (Å²) in [6.07, 6.45) is 4.25. The van der Waals surface area contributed by atoms with Crippen molar-refractivity contribution >= 4 is 23.7 Å². The molecule has 1 aliphatic heterocycles. The molecule has 2 fully saturated rings. The SMILES string of the molecule is CC.Cc1cc(N2CC3(CC3)c3cnc(NC=O)cc32)nc(OC2CC(F)(C#N)C2)n1. The molecule has 0 radical (unpaired) electrons. The van der Waals surface area contributed by atoms with Crippen molar-refractivity contribution in [1.29, 1.82) is 5.26 Å². The Kier molecular flexibility index (Phi) is 5.25. The third-order valence-corrected chi connectivity index (χ3v) is 5.94. The summed E-state index contributed by atoms with van der Waals surface area (Å²) in [7, 11) is 0. The van der Waals surface area contributed by atoms with Crippen molar-refractivity contribution in [2.75, 3.05) is 16.8 Å². The lowest BCUT2D eigenvalue weighted by atomic mass is 9.80. The molecule has 0 saturated heterocycles. The van der Waals surface area contributed by atoms with E-state index >= 15 is 0 Å². The highest BCUT2D eigenvalue weighted by Crippen LogP contribution is 2.58. The van der Waals surface area contributed by atoms with Gasteiger partial charge < -0.3 is 15.0 Å². The van der Waals surface area contributed by atoms with Gasteiger partial charge in [-0.3, -0.25) is 4.79 Å². The Morgan fingerprint density at radius 3 is 2.71 bits per heavy atom. The van der Waals surface area contributed by atoms with Crippen molar-refractivity contribution < 1.29 is 13.9 Å². The summed E-state index contributed by atoms with van der Waals surface area (Å²) >= 11 is 0. The fourth-order valence-corrected chi connectivity index (χ4v) is 4.17. The maximum absolute atomic E-state index is 13.8. The number of alkyl halides is 1. The van der Waals surface area contributed by atoms with Crippen LogP contribution in [0.3, 0.4) is 0 Å². The summed E-state index contributed by atoms with van der Waals surface area (Å²) in [5.74, 6) is 1.17. The van der Waals surface area contributed by atoms with Crippen LogP contribution in [0, 0.1) is 18.3 Å². The number of aromatic nitrogens is 3. The second kappa shape index (κ2) is 7.76. The van der Waals surface area contributed by atoms with E-state index in [9.17, 15) is 9.18 Å². The minimum absolute atomic E-state index is 0.0260. The number of carbonyl (C=O) groups is 1. The number of nitriles is 1. The topological polar surface area (TPSA) is 104 Å². The van der Waals surface area contributed by atoms with Crippen LogP contribution < -0.4 is 15.0 Å². The Bertz CT molecular complexity index is 1040. The lowest BCUT2D eigenvalue weighted by Crippen LogP contribution is -2.45. The van der Waals surface area contributed by atoms with E-state index in [2.05, 4.69) is 25.2 Å². The number of ether oxygens (including phenoxy) is 1. The number of rotatable bonds is 5. The molecule has 2 aliphatic carbocycles. The minimum Gasteiger partial charge on any atom is -0.460 e. The standard InChI is InChI=1S/C20H19FN6O2.C2H6/c1-12-4-17(26-18(25-12)29-13-6-20(21,7-13)9-22)27-10-19(2-3-19)14-8-23-16(24-11-28)5-15(14)27;1-2/h4-5,8,11,13H,2-3,6-7,10H2,1H3,(H,23,24,28);1-2H3. The molecule has 2 aromatic rings. The zero-order valence-electron chi connectivity index (χ0n) is 17.9. The van der Waals surface area contributed by atoms with Gasteiger partial charge >= 0.3 is 6.01 Å². The van der Waals surface area contributed by atoms with Crippen LogP contribution in [0.2, 0.25) is 0 Å². The molecule has 1 spiro atoms. The van der Waals surface area contributed by atoms with Gasteiger partial charge in [-0.2, -0.15) is 10.2 Å². The molecule has 0 bridgehead atoms. The summed E-state index contributed by atoms with van der Waals surface area (Å²) in [6.45, 7) is 6.62. The van der Waals surface area contributed by atoms with E-state index in [1.54, 1.807) is 6.07 Å². The minimum atomic E-state index is -1.81. The first-order chi connectivity index (χ1) is 14.9. The largest absolute Gasteiger partial charge is 0.460 e. The average molecular weight is 424 g/mol. The van der Waals surface area contributed by atoms with Gasteiger partial charge in [0.1, 0.15) is 23.8 Å². The van der Waals surface area contributed by atoms with E-state index < -0.39 is 11.8 Å². The maximum Gasteiger partial charge on any atom is 0.318 e. The number of fused-ring (bicyclic) bond motifs is 2. The van der Waals surface area contributed by atoms with Gasteiger partial charge in [0.15, 0.2) is 0 Å². The van der Waals surface area contributed by atoms with Gasteiger partial charge in [0, 0.05) is 54.4 Å². The third kappa shape index (κ3) is 3.78. The molecule has 5 rings (SSSR count). The summed E-state index contributed by atoms with van der Waals surface area (Å²) in [5, 5.41) is 11.4. The Morgan fingerprint density at radius 1 is 1.32 bits per heavy atom. The van der Waals surface area contributed by atoms with Gasteiger partial charge in [0.2, 0.25) is 12.1 Å². The van der Waals surface area contributed by atoms with Gasteiger partial charge in [0.25, 0.3) is 0 Å². The Morgan fingerprint density at radius 2 is 2.06 bits per heavy atom. The molecule has 0 aromatic carbocycles. The van der Waals surface area contributed by atoms with Crippen molar-refractivity contribution in [3.63, 3.8) is 0 Å². The monoisotopic (exact) mass is 424 g/mol. The molecule has 2 aromatic heterocycles. The number of nitrogens with zero attached hydrogens (tertiary/aromatic N) is 5. The van der Waals surface area contributed by atoms with E-state index in [1.807, 2.05) is 39.1 Å². The number of nitrogens with one attached hydrogen (secondary N) is 1. The highest BCUT2D eigenvalue weighted by Gasteiger charge is 2.53. The van der Waals surface area contributed by atoms with Crippen LogP contribution in [-0.2, 0) is 10.2 Å².